The highest BCUT2D eigenvalue weighted by Crippen LogP contribution is 2.49. The van der Waals surface area contributed by atoms with E-state index in [2.05, 4.69) is 194 Å². The van der Waals surface area contributed by atoms with Crippen molar-refractivity contribution in [3.8, 4) is 33.7 Å². The fourth-order valence-electron chi connectivity index (χ4n) is 9.53. The van der Waals surface area contributed by atoms with Gasteiger partial charge in [-0.15, -0.1) is 11.3 Å². The van der Waals surface area contributed by atoms with E-state index in [0.29, 0.717) is 5.92 Å². The first kappa shape index (κ1) is 33.5. The quantitative estimate of drug-likeness (QED) is 0.170. The Labute approximate surface area is 342 Å². The highest BCUT2D eigenvalue weighted by Gasteiger charge is 2.32. The molecule has 3 heteroatoms. The number of ether oxygens (including phenoxy) is 1. The largest absolute Gasteiger partial charge is 0.461 e. The summed E-state index contributed by atoms with van der Waals surface area (Å²) >= 11 is 1.90. The van der Waals surface area contributed by atoms with Crippen molar-refractivity contribution >= 4 is 64.5 Å². The van der Waals surface area contributed by atoms with E-state index < -0.39 is 0 Å². The minimum Gasteiger partial charge on any atom is -0.461 e. The van der Waals surface area contributed by atoms with Crippen LogP contribution in [-0.2, 0) is 0 Å². The van der Waals surface area contributed by atoms with E-state index in [1.807, 2.05) is 11.3 Å². The molecule has 0 radical (unpaired) electrons. The van der Waals surface area contributed by atoms with Gasteiger partial charge in [0.2, 0.25) is 0 Å². The minimum atomic E-state index is 0.239. The monoisotopic (exact) mass is 761 g/mol. The van der Waals surface area contributed by atoms with E-state index in [1.54, 1.807) is 0 Å². The van der Waals surface area contributed by atoms with E-state index in [1.165, 1.54) is 92.1 Å². The molecule has 0 fully saturated rings. The molecule has 3 aliphatic rings. The Balaban J connectivity index is 0.796. The Kier molecular flexibility index (Phi) is 7.61. The van der Waals surface area contributed by atoms with Gasteiger partial charge in [0.25, 0.3) is 0 Å². The van der Waals surface area contributed by atoms with Crippen molar-refractivity contribution in [3.05, 3.63) is 204 Å². The van der Waals surface area contributed by atoms with Gasteiger partial charge in [-0.2, -0.15) is 0 Å². The molecule has 0 saturated carbocycles. The van der Waals surface area contributed by atoms with Crippen LogP contribution in [0.25, 0.3) is 81.1 Å². The van der Waals surface area contributed by atoms with Gasteiger partial charge in [0, 0.05) is 54.2 Å². The summed E-state index contributed by atoms with van der Waals surface area (Å²) < 4.78 is 11.8. The fourth-order valence-corrected chi connectivity index (χ4v) is 10.8. The van der Waals surface area contributed by atoms with Gasteiger partial charge in [-0.3, -0.25) is 0 Å². The van der Waals surface area contributed by atoms with Gasteiger partial charge in [-0.05, 0) is 93.6 Å². The van der Waals surface area contributed by atoms with E-state index in [-0.39, 0.29) is 5.92 Å². The molecule has 9 aromatic rings. The summed E-state index contributed by atoms with van der Waals surface area (Å²) in [4.78, 5) is 0. The molecule has 0 saturated heterocycles. The molecule has 2 unspecified atom stereocenters. The summed E-state index contributed by atoms with van der Waals surface area (Å²) in [5, 5.41) is 5.26. The van der Waals surface area contributed by atoms with Crippen molar-refractivity contribution in [2.24, 2.45) is 5.92 Å². The average Bonchev–Trinajstić information content (AvgIpc) is 3.95. The Morgan fingerprint density at radius 3 is 1.97 bits per heavy atom. The molecule has 12 rings (SSSR count). The molecule has 3 heterocycles. The van der Waals surface area contributed by atoms with E-state index in [9.17, 15) is 0 Å². The number of fused-ring (bicyclic) bond motifs is 10. The van der Waals surface area contributed by atoms with Crippen molar-refractivity contribution in [2.45, 2.75) is 25.7 Å². The van der Waals surface area contributed by atoms with Crippen LogP contribution >= 0.6 is 11.3 Å². The topological polar surface area (TPSA) is 14.2 Å². The van der Waals surface area contributed by atoms with Gasteiger partial charge < -0.3 is 9.30 Å². The van der Waals surface area contributed by atoms with Crippen LogP contribution in [-0.4, -0.2) is 4.57 Å². The number of rotatable bonds is 5. The van der Waals surface area contributed by atoms with Crippen molar-refractivity contribution in [3.63, 3.8) is 0 Å². The Morgan fingerprint density at radius 2 is 1.24 bits per heavy atom. The number of hydrogen-bond acceptors (Lipinski definition) is 2. The van der Waals surface area contributed by atoms with Crippen molar-refractivity contribution in [2.75, 3.05) is 0 Å². The lowest BCUT2D eigenvalue weighted by Crippen LogP contribution is -2.03. The van der Waals surface area contributed by atoms with Crippen molar-refractivity contribution in [1.29, 1.82) is 0 Å². The van der Waals surface area contributed by atoms with Crippen LogP contribution in [0.15, 0.2) is 188 Å². The number of aromatic nitrogens is 1. The molecular formula is C55H39NOS. The normalized spacial score (nSPS) is 17.3. The maximum Gasteiger partial charge on any atom is 0.132 e. The number of thiophene rings is 1. The maximum absolute atomic E-state index is 6.72. The van der Waals surface area contributed by atoms with Crippen LogP contribution in [0.3, 0.4) is 0 Å². The zero-order chi connectivity index (χ0) is 38.3. The molecule has 2 atom stereocenters. The van der Waals surface area contributed by atoms with E-state index >= 15 is 0 Å². The average molecular weight is 762 g/mol. The summed E-state index contributed by atoms with van der Waals surface area (Å²) in [5.41, 5.74) is 14.8. The van der Waals surface area contributed by atoms with Gasteiger partial charge in [0.1, 0.15) is 11.5 Å². The van der Waals surface area contributed by atoms with Gasteiger partial charge in [0.15, 0.2) is 0 Å². The number of para-hydroxylation sites is 1. The number of benzene rings is 7. The van der Waals surface area contributed by atoms with Gasteiger partial charge in [-0.25, -0.2) is 0 Å². The third-order valence-electron chi connectivity index (χ3n) is 12.5. The first-order chi connectivity index (χ1) is 28.6. The second-order valence-electron chi connectivity index (χ2n) is 16.1. The number of nitrogens with zero attached hydrogens (tertiary/aromatic N) is 1. The lowest BCUT2D eigenvalue weighted by Gasteiger charge is -2.16. The molecule has 0 bridgehead atoms. The zero-order valence-electron chi connectivity index (χ0n) is 32.2. The Morgan fingerprint density at radius 1 is 0.586 bits per heavy atom. The van der Waals surface area contributed by atoms with Crippen LogP contribution < -0.4 is 4.74 Å². The SMILES string of the molecule is CC1C=C(c2ccc(-c3ccc(-c4ccc(C5=CCC6C(=C5)Oc5cc(-n7c8ccccc8c8c9sc%10ccccc%10c9ccc87)ccc56)cc4)cc3)cc2)C=CC1. The van der Waals surface area contributed by atoms with Crippen LogP contribution in [0.4, 0.5) is 0 Å². The highest BCUT2D eigenvalue weighted by molar-refractivity contribution is 7.26. The summed E-state index contributed by atoms with van der Waals surface area (Å²) in [5.74, 6) is 2.83. The first-order valence-corrected chi connectivity index (χ1v) is 21.2. The lowest BCUT2D eigenvalue weighted by molar-refractivity contribution is 0.426. The predicted molar refractivity (Wildman–Crippen MR) is 246 cm³/mol. The molecule has 2 nitrogen and oxygen atoms in total. The Bertz CT molecular complexity index is 3240. The summed E-state index contributed by atoms with van der Waals surface area (Å²) in [6.07, 6.45) is 13.6. The van der Waals surface area contributed by atoms with E-state index in [0.717, 1.165) is 30.0 Å². The van der Waals surface area contributed by atoms with Crippen molar-refractivity contribution in [1.82, 2.24) is 4.57 Å². The summed E-state index contributed by atoms with van der Waals surface area (Å²) in [6, 6.07) is 55.9. The van der Waals surface area contributed by atoms with Crippen LogP contribution in [0.1, 0.15) is 42.4 Å². The summed E-state index contributed by atoms with van der Waals surface area (Å²) in [7, 11) is 0. The molecule has 2 aliphatic carbocycles. The molecule has 2 aromatic heterocycles. The van der Waals surface area contributed by atoms with Gasteiger partial charge in [-0.1, -0.05) is 153 Å². The third kappa shape index (κ3) is 5.38. The molecule has 276 valence electrons. The smallest absolute Gasteiger partial charge is 0.132 e. The van der Waals surface area contributed by atoms with Crippen LogP contribution in [0.5, 0.6) is 5.75 Å². The zero-order valence-corrected chi connectivity index (χ0v) is 33.0. The highest BCUT2D eigenvalue weighted by atomic mass is 32.1. The molecule has 7 aromatic carbocycles. The number of hydrogen-bond donors (Lipinski definition) is 0. The molecule has 1 aliphatic heterocycles. The van der Waals surface area contributed by atoms with Gasteiger partial charge >= 0.3 is 0 Å². The maximum atomic E-state index is 6.72. The van der Waals surface area contributed by atoms with Crippen molar-refractivity contribution < 1.29 is 4.74 Å². The van der Waals surface area contributed by atoms with Crippen LogP contribution in [0, 0.1) is 5.92 Å². The predicted octanol–water partition coefficient (Wildman–Crippen LogP) is 15.3. The molecule has 0 N–H and O–H groups in total. The number of allylic oxidation sites excluding steroid dienone is 8. The summed E-state index contributed by atoms with van der Waals surface area (Å²) in [6.45, 7) is 2.28. The lowest BCUT2D eigenvalue weighted by atomic mass is 9.87. The fraction of sp³-hybridized carbons (Fsp3) is 0.0909. The van der Waals surface area contributed by atoms with Gasteiger partial charge in [0.05, 0.1) is 11.0 Å². The molecule has 0 amide bonds. The second kappa shape index (κ2) is 13.2. The van der Waals surface area contributed by atoms with E-state index in [4.69, 9.17) is 4.74 Å². The van der Waals surface area contributed by atoms with Crippen LogP contribution in [0.2, 0.25) is 0 Å². The third-order valence-corrected chi connectivity index (χ3v) is 13.7. The molecular weight excluding hydrogens is 723 g/mol. The second-order valence-corrected chi connectivity index (χ2v) is 17.1. The Hall–Kier alpha value is -6.68. The molecule has 58 heavy (non-hydrogen) atoms. The standard InChI is InChI=1S/C55H39NOS/c1-34-7-6-8-41(31-34)39-21-17-37(18-22-39)35-13-15-36(16-14-35)38-19-23-40(24-20-38)42-25-27-44-45-28-26-43(33-52(45)57-51(44)32-42)56-49-11-4-2-10-48(49)54-50(56)30-29-47-46-9-3-5-12-53(46)58-55(47)54/h2-6,8-26,28-34,44H,7,27H2,1H3. The first-order valence-electron chi connectivity index (χ1n) is 20.4. The molecule has 0 spiro atoms. The minimum absolute atomic E-state index is 0.239.